The molecule has 1 unspecified atom stereocenters. The van der Waals surface area contributed by atoms with Crippen molar-refractivity contribution in [3.05, 3.63) is 65.2 Å². The number of rotatable bonds is 2. The number of nitrogens with two attached hydrogens (primary N) is 1. The van der Waals surface area contributed by atoms with Crippen LogP contribution in [0.1, 0.15) is 22.9 Å². The molecule has 0 amide bonds. The molecule has 1 heterocycles. The van der Waals surface area contributed by atoms with Crippen molar-refractivity contribution in [3.8, 4) is 0 Å². The highest BCUT2D eigenvalue weighted by atomic mass is 19.1. The Labute approximate surface area is 93.9 Å². The summed E-state index contributed by atoms with van der Waals surface area (Å²) >= 11 is 0. The van der Waals surface area contributed by atoms with Crippen LogP contribution >= 0.6 is 0 Å². The van der Waals surface area contributed by atoms with E-state index in [9.17, 15) is 4.39 Å². The van der Waals surface area contributed by atoms with E-state index >= 15 is 0 Å². The summed E-state index contributed by atoms with van der Waals surface area (Å²) in [7, 11) is 0. The largest absolute Gasteiger partial charge is 0.319 e. The molecule has 0 fully saturated rings. The lowest BCUT2D eigenvalue weighted by Crippen LogP contribution is -2.15. The Kier molecular flexibility index (Phi) is 2.97. The second-order valence-electron chi connectivity index (χ2n) is 3.76. The summed E-state index contributed by atoms with van der Waals surface area (Å²) in [4.78, 5) is 3.98. The van der Waals surface area contributed by atoms with Crippen LogP contribution < -0.4 is 5.73 Å². The van der Waals surface area contributed by atoms with E-state index in [0.717, 1.165) is 11.1 Å². The summed E-state index contributed by atoms with van der Waals surface area (Å²) in [6, 6.07) is 10.1. The van der Waals surface area contributed by atoms with Crippen LogP contribution in [0.15, 0.2) is 42.6 Å². The number of benzene rings is 1. The Morgan fingerprint density at radius 1 is 1.25 bits per heavy atom. The lowest BCUT2D eigenvalue weighted by atomic mass is 10.0. The minimum absolute atomic E-state index is 0.285. The molecule has 0 saturated heterocycles. The molecule has 0 aliphatic heterocycles. The van der Waals surface area contributed by atoms with Gasteiger partial charge < -0.3 is 5.73 Å². The molecule has 1 aromatic heterocycles. The third-order valence-corrected chi connectivity index (χ3v) is 2.48. The number of aromatic nitrogens is 1. The molecule has 2 N–H and O–H groups in total. The molecule has 0 bridgehead atoms. The third kappa shape index (κ3) is 2.09. The minimum Gasteiger partial charge on any atom is -0.319 e. The first-order valence-corrected chi connectivity index (χ1v) is 5.11. The van der Waals surface area contributed by atoms with Gasteiger partial charge in [-0.25, -0.2) is 4.39 Å². The zero-order valence-electron chi connectivity index (χ0n) is 9.02. The minimum atomic E-state index is -0.513. The lowest BCUT2D eigenvalue weighted by molar-refractivity contribution is 0.586. The normalized spacial score (nSPS) is 12.4. The second kappa shape index (κ2) is 4.41. The molecule has 0 aliphatic rings. The molecule has 2 aromatic rings. The van der Waals surface area contributed by atoms with Gasteiger partial charge in [0.25, 0.3) is 0 Å². The zero-order valence-corrected chi connectivity index (χ0v) is 9.02. The van der Waals surface area contributed by atoms with Crippen molar-refractivity contribution < 1.29 is 4.39 Å². The summed E-state index contributed by atoms with van der Waals surface area (Å²) in [6.45, 7) is 1.98. The van der Waals surface area contributed by atoms with E-state index in [1.54, 1.807) is 12.3 Å². The van der Waals surface area contributed by atoms with Crippen LogP contribution in [0.4, 0.5) is 4.39 Å². The first-order valence-electron chi connectivity index (χ1n) is 5.11. The number of halogens is 1. The molecule has 0 aliphatic carbocycles. The van der Waals surface area contributed by atoms with Gasteiger partial charge in [0.2, 0.25) is 0 Å². The smallest absolute Gasteiger partial charge is 0.146 e. The van der Waals surface area contributed by atoms with Crippen molar-refractivity contribution >= 4 is 0 Å². The fraction of sp³-hybridized carbons (Fsp3) is 0.154. The number of hydrogen-bond acceptors (Lipinski definition) is 2. The molecule has 1 atom stereocenters. The van der Waals surface area contributed by atoms with E-state index in [1.165, 1.54) is 6.07 Å². The van der Waals surface area contributed by atoms with E-state index in [-0.39, 0.29) is 11.5 Å². The predicted octanol–water partition coefficient (Wildman–Crippen LogP) is 2.58. The van der Waals surface area contributed by atoms with Gasteiger partial charge in [-0.05, 0) is 24.6 Å². The highest BCUT2D eigenvalue weighted by Crippen LogP contribution is 2.20. The quantitative estimate of drug-likeness (QED) is 0.838. The molecule has 16 heavy (non-hydrogen) atoms. The summed E-state index contributed by atoms with van der Waals surface area (Å²) in [5.74, 6) is -0.364. The number of aryl methyl sites for hydroxylation is 1. The Morgan fingerprint density at radius 3 is 2.75 bits per heavy atom. The van der Waals surface area contributed by atoms with Crippen LogP contribution in [-0.2, 0) is 0 Å². The third-order valence-electron chi connectivity index (χ3n) is 2.48. The van der Waals surface area contributed by atoms with E-state index < -0.39 is 6.04 Å². The van der Waals surface area contributed by atoms with Crippen molar-refractivity contribution in [2.24, 2.45) is 5.73 Å². The summed E-state index contributed by atoms with van der Waals surface area (Å²) in [5, 5.41) is 0. The van der Waals surface area contributed by atoms with Gasteiger partial charge in [-0.2, -0.15) is 0 Å². The fourth-order valence-electron chi connectivity index (χ4n) is 1.65. The topological polar surface area (TPSA) is 38.9 Å². The molecule has 3 heteroatoms. The zero-order chi connectivity index (χ0) is 11.5. The Balaban J connectivity index is 2.39. The molecule has 0 spiro atoms. The average Bonchev–Trinajstić information content (AvgIpc) is 2.29. The van der Waals surface area contributed by atoms with Gasteiger partial charge in [0.15, 0.2) is 0 Å². The summed E-state index contributed by atoms with van der Waals surface area (Å²) in [6.07, 6.45) is 1.55. The van der Waals surface area contributed by atoms with Gasteiger partial charge in [0.05, 0.1) is 11.7 Å². The van der Waals surface area contributed by atoms with Crippen LogP contribution in [-0.4, -0.2) is 4.98 Å². The molecule has 2 rings (SSSR count). The maximum Gasteiger partial charge on any atom is 0.146 e. The van der Waals surface area contributed by atoms with E-state index in [2.05, 4.69) is 4.98 Å². The Morgan fingerprint density at radius 2 is 2.06 bits per heavy atom. The van der Waals surface area contributed by atoms with Crippen molar-refractivity contribution in [3.63, 3.8) is 0 Å². The lowest BCUT2D eigenvalue weighted by Gasteiger charge is -2.12. The van der Waals surface area contributed by atoms with Crippen molar-refractivity contribution in [2.75, 3.05) is 0 Å². The van der Waals surface area contributed by atoms with Gasteiger partial charge >= 0.3 is 0 Å². The van der Waals surface area contributed by atoms with Crippen molar-refractivity contribution in [2.45, 2.75) is 13.0 Å². The van der Waals surface area contributed by atoms with Gasteiger partial charge in [-0.1, -0.05) is 29.8 Å². The summed E-state index contributed by atoms with van der Waals surface area (Å²) in [5.41, 5.74) is 8.24. The van der Waals surface area contributed by atoms with Crippen LogP contribution in [0.3, 0.4) is 0 Å². The number of nitrogens with zero attached hydrogens (tertiary/aromatic N) is 1. The van der Waals surface area contributed by atoms with Crippen molar-refractivity contribution in [1.82, 2.24) is 4.98 Å². The highest BCUT2D eigenvalue weighted by Gasteiger charge is 2.14. The van der Waals surface area contributed by atoms with Crippen LogP contribution in [0.25, 0.3) is 0 Å². The van der Waals surface area contributed by atoms with E-state index in [0.29, 0.717) is 0 Å². The number of hydrogen-bond donors (Lipinski definition) is 1. The molecule has 2 nitrogen and oxygen atoms in total. The van der Waals surface area contributed by atoms with E-state index in [1.807, 2.05) is 31.2 Å². The Hall–Kier alpha value is -1.74. The number of pyridine rings is 1. The van der Waals surface area contributed by atoms with Crippen molar-refractivity contribution in [1.29, 1.82) is 0 Å². The first kappa shape index (κ1) is 10.8. The van der Waals surface area contributed by atoms with Crippen LogP contribution in [0.2, 0.25) is 0 Å². The molecular formula is C13H13FN2. The van der Waals surface area contributed by atoms with Crippen LogP contribution in [0, 0.1) is 12.7 Å². The maximum atomic E-state index is 13.5. The van der Waals surface area contributed by atoms with Gasteiger partial charge in [0.1, 0.15) is 5.82 Å². The second-order valence-corrected chi connectivity index (χ2v) is 3.76. The van der Waals surface area contributed by atoms with Gasteiger partial charge in [-0.15, -0.1) is 0 Å². The molecule has 82 valence electrons. The predicted molar refractivity (Wildman–Crippen MR) is 61.4 cm³/mol. The fourth-order valence-corrected chi connectivity index (χ4v) is 1.65. The molecular weight excluding hydrogens is 203 g/mol. The van der Waals surface area contributed by atoms with Gasteiger partial charge in [0, 0.05) is 6.20 Å². The first-order chi connectivity index (χ1) is 7.68. The molecule has 0 saturated carbocycles. The average molecular weight is 216 g/mol. The SMILES string of the molecule is Cc1cccc(C(N)c2ncccc2F)c1. The standard InChI is InChI=1S/C13H13FN2/c1-9-4-2-5-10(8-9)12(15)13-11(14)6-3-7-16-13/h2-8,12H,15H2,1H3. The maximum absolute atomic E-state index is 13.5. The summed E-state index contributed by atoms with van der Waals surface area (Å²) < 4.78 is 13.5. The Bertz CT molecular complexity index is 497. The van der Waals surface area contributed by atoms with Gasteiger partial charge in [-0.3, -0.25) is 4.98 Å². The molecule has 1 aromatic carbocycles. The van der Waals surface area contributed by atoms with Crippen LogP contribution in [0.5, 0.6) is 0 Å². The molecule has 0 radical (unpaired) electrons. The monoisotopic (exact) mass is 216 g/mol. The highest BCUT2D eigenvalue weighted by molar-refractivity contribution is 5.30. The van der Waals surface area contributed by atoms with E-state index in [4.69, 9.17) is 5.73 Å².